The van der Waals surface area contributed by atoms with Gasteiger partial charge in [-0.2, -0.15) is 0 Å². The zero-order valence-electron chi connectivity index (χ0n) is 10.8. The van der Waals surface area contributed by atoms with Crippen molar-refractivity contribution in [3.8, 4) is 0 Å². The third-order valence-corrected chi connectivity index (χ3v) is 5.52. The number of carboxylic acid groups (broad SMARTS) is 1. The molecular formula is C12H15N3O4S. The Morgan fingerprint density at radius 3 is 2.80 bits per heavy atom. The summed E-state index contributed by atoms with van der Waals surface area (Å²) in [5.74, 6) is -0.859. The van der Waals surface area contributed by atoms with E-state index >= 15 is 0 Å². The van der Waals surface area contributed by atoms with Crippen LogP contribution in [0.4, 0.5) is 0 Å². The smallest absolute Gasteiger partial charge is 0.354 e. The molecule has 7 nitrogen and oxygen atoms in total. The number of aromatic nitrogens is 2. The topological polar surface area (TPSA) is 109 Å². The number of rotatable bonds is 2. The largest absolute Gasteiger partial charge is 0.476 e. The molecule has 0 aromatic carbocycles. The predicted octanol–water partition coefficient (Wildman–Crippen LogP) is -0.277. The van der Waals surface area contributed by atoms with E-state index < -0.39 is 15.8 Å². The number of aromatic carboxylic acids is 1. The second-order valence-corrected chi connectivity index (χ2v) is 7.42. The van der Waals surface area contributed by atoms with Gasteiger partial charge in [0.15, 0.2) is 15.5 Å². The van der Waals surface area contributed by atoms with Crippen molar-refractivity contribution >= 4 is 15.8 Å². The van der Waals surface area contributed by atoms with E-state index in [-0.39, 0.29) is 23.1 Å². The van der Waals surface area contributed by atoms with Crippen molar-refractivity contribution in [3.63, 3.8) is 0 Å². The molecule has 0 spiro atoms. The molecule has 108 valence electrons. The van der Waals surface area contributed by atoms with Crippen LogP contribution in [0.1, 0.15) is 39.9 Å². The molecule has 1 fully saturated rings. The first-order chi connectivity index (χ1) is 9.46. The molecule has 0 aliphatic carbocycles. The predicted molar refractivity (Wildman–Crippen MR) is 70.4 cm³/mol. The molecule has 3 rings (SSSR count). The molecule has 2 aliphatic rings. The highest BCUT2D eigenvalue weighted by Crippen LogP contribution is 2.28. The standard InChI is InChI=1S/C12H15N3O4S/c16-12(17)10-8-5-13-3-1-9(8)14-11(15-10)7-2-4-20(18,19)6-7/h7,13H,1-6H2,(H,16,17). The van der Waals surface area contributed by atoms with Crippen molar-refractivity contribution in [2.45, 2.75) is 25.3 Å². The molecule has 2 N–H and O–H groups in total. The molecule has 1 atom stereocenters. The van der Waals surface area contributed by atoms with Gasteiger partial charge in [-0.05, 0) is 6.42 Å². The monoisotopic (exact) mass is 297 g/mol. The summed E-state index contributed by atoms with van der Waals surface area (Å²) in [6.07, 6.45) is 1.11. The molecule has 2 aliphatic heterocycles. The molecule has 0 bridgehead atoms. The van der Waals surface area contributed by atoms with Gasteiger partial charge in [-0.1, -0.05) is 0 Å². The molecule has 20 heavy (non-hydrogen) atoms. The third-order valence-electron chi connectivity index (χ3n) is 3.75. The van der Waals surface area contributed by atoms with Gasteiger partial charge < -0.3 is 10.4 Å². The lowest BCUT2D eigenvalue weighted by Crippen LogP contribution is -2.29. The first kappa shape index (κ1) is 13.4. The maximum absolute atomic E-state index is 11.5. The van der Waals surface area contributed by atoms with Crippen LogP contribution in [-0.2, 0) is 22.8 Å². The molecule has 8 heteroatoms. The van der Waals surface area contributed by atoms with Crippen LogP contribution in [0.5, 0.6) is 0 Å². The number of sulfone groups is 1. The Kier molecular flexibility index (Phi) is 3.21. The lowest BCUT2D eigenvalue weighted by atomic mass is 10.0. The number of carbonyl (C=O) groups is 1. The van der Waals surface area contributed by atoms with Gasteiger partial charge in [-0.15, -0.1) is 0 Å². The lowest BCUT2D eigenvalue weighted by molar-refractivity contribution is 0.0687. The Bertz CT molecular complexity index is 672. The number of hydrogen-bond donors (Lipinski definition) is 2. The molecule has 0 saturated carbocycles. The van der Waals surface area contributed by atoms with Crippen molar-refractivity contribution in [3.05, 3.63) is 22.8 Å². The maximum Gasteiger partial charge on any atom is 0.354 e. The van der Waals surface area contributed by atoms with Crippen LogP contribution in [0.2, 0.25) is 0 Å². The Morgan fingerprint density at radius 2 is 2.15 bits per heavy atom. The number of nitrogens with one attached hydrogen (secondary N) is 1. The molecule has 1 unspecified atom stereocenters. The number of carboxylic acids is 1. The van der Waals surface area contributed by atoms with Gasteiger partial charge in [0.2, 0.25) is 0 Å². The summed E-state index contributed by atoms with van der Waals surface area (Å²) in [4.78, 5) is 19.9. The normalized spacial score (nSPS) is 24.3. The third kappa shape index (κ3) is 2.40. The minimum Gasteiger partial charge on any atom is -0.476 e. The Morgan fingerprint density at radius 1 is 1.35 bits per heavy atom. The van der Waals surface area contributed by atoms with Crippen molar-refractivity contribution in [1.29, 1.82) is 0 Å². The van der Waals surface area contributed by atoms with Crippen LogP contribution < -0.4 is 5.32 Å². The maximum atomic E-state index is 11.5. The van der Waals surface area contributed by atoms with E-state index in [2.05, 4.69) is 15.3 Å². The summed E-state index contributed by atoms with van der Waals surface area (Å²) in [5, 5.41) is 12.4. The highest BCUT2D eigenvalue weighted by Gasteiger charge is 2.33. The minimum atomic E-state index is -3.04. The van der Waals surface area contributed by atoms with Crippen LogP contribution in [0.15, 0.2) is 0 Å². The minimum absolute atomic E-state index is 0.00139. The molecule has 1 aromatic rings. The van der Waals surface area contributed by atoms with Crippen LogP contribution in [0.25, 0.3) is 0 Å². The molecular weight excluding hydrogens is 282 g/mol. The lowest BCUT2D eigenvalue weighted by Gasteiger charge is -2.19. The molecule has 1 saturated heterocycles. The Hall–Kier alpha value is -1.54. The van der Waals surface area contributed by atoms with E-state index in [1.54, 1.807) is 0 Å². The van der Waals surface area contributed by atoms with E-state index in [9.17, 15) is 18.3 Å². The summed E-state index contributed by atoms with van der Waals surface area (Å²) in [6, 6.07) is 0. The van der Waals surface area contributed by atoms with Crippen LogP contribution >= 0.6 is 0 Å². The Balaban J connectivity index is 2.04. The second kappa shape index (κ2) is 4.78. The van der Waals surface area contributed by atoms with Gasteiger partial charge in [-0.3, -0.25) is 0 Å². The summed E-state index contributed by atoms with van der Waals surface area (Å²) >= 11 is 0. The summed E-state index contributed by atoms with van der Waals surface area (Å²) in [5.41, 5.74) is 1.35. The van der Waals surface area contributed by atoms with E-state index in [0.29, 0.717) is 30.8 Å². The molecule has 0 radical (unpaired) electrons. The van der Waals surface area contributed by atoms with Crippen molar-refractivity contribution in [1.82, 2.24) is 15.3 Å². The average molecular weight is 297 g/mol. The molecule has 1 aromatic heterocycles. The summed E-state index contributed by atoms with van der Waals surface area (Å²) in [6.45, 7) is 1.19. The zero-order valence-corrected chi connectivity index (χ0v) is 11.6. The zero-order chi connectivity index (χ0) is 14.3. The SMILES string of the molecule is O=C(O)c1nc(C2CCS(=O)(=O)C2)nc2c1CNCC2. The van der Waals surface area contributed by atoms with Crippen LogP contribution in [-0.4, -0.2) is 47.5 Å². The van der Waals surface area contributed by atoms with E-state index in [0.717, 1.165) is 12.2 Å². The molecule has 3 heterocycles. The summed E-state index contributed by atoms with van der Waals surface area (Å²) < 4.78 is 23.1. The van der Waals surface area contributed by atoms with E-state index in [1.807, 2.05) is 0 Å². The number of fused-ring (bicyclic) bond motifs is 1. The van der Waals surface area contributed by atoms with Gasteiger partial charge in [0.25, 0.3) is 0 Å². The van der Waals surface area contributed by atoms with Crippen molar-refractivity contribution in [2.75, 3.05) is 18.1 Å². The second-order valence-electron chi connectivity index (χ2n) is 5.19. The fourth-order valence-electron chi connectivity index (χ4n) is 2.72. The Labute approximate surface area is 116 Å². The fourth-order valence-corrected chi connectivity index (χ4v) is 4.46. The first-order valence-electron chi connectivity index (χ1n) is 6.50. The highest BCUT2D eigenvalue weighted by atomic mass is 32.2. The fraction of sp³-hybridized carbons (Fsp3) is 0.583. The van der Waals surface area contributed by atoms with Gasteiger partial charge in [0.05, 0.1) is 17.2 Å². The number of nitrogens with zero attached hydrogens (tertiary/aromatic N) is 2. The van der Waals surface area contributed by atoms with Gasteiger partial charge in [-0.25, -0.2) is 23.2 Å². The van der Waals surface area contributed by atoms with Gasteiger partial charge in [0, 0.05) is 31.0 Å². The van der Waals surface area contributed by atoms with Crippen LogP contribution in [0.3, 0.4) is 0 Å². The average Bonchev–Trinajstić information content (AvgIpc) is 2.77. The number of hydrogen-bond acceptors (Lipinski definition) is 6. The quantitative estimate of drug-likeness (QED) is 0.772. The summed E-state index contributed by atoms with van der Waals surface area (Å²) in [7, 11) is -3.04. The van der Waals surface area contributed by atoms with Crippen LogP contribution in [0, 0.1) is 0 Å². The van der Waals surface area contributed by atoms with Gasteiger partial charge >= 0.3 is 5.97 Å². The van der Waals surface area contributed by atoms with Crippen molar-refractivity contribution < 1.29 is 18.3 Å². The highest BCUT2D eigenvalue weighted by molar-refractivity contribution is 7.91. The van der Waals surface area contributed by atoms with Crippen molar-refractivity contribution in [2.24, 2.45) is 0 Å². The first-order valence-corrected chi connectivity index (χ1v) is 8.32. The van der Waals surface area contributed by atoms with E-state index in [1.165, 1.54) is 0 Å². The van der Waals surface area contributed by atoms with Gasteiger partial charge in [0.1, 0.15) is 5.82 Å². The molecule has 0 amide bonds. The van der Waals surface area contributed by atoms with E-state index in [4.69, 9.17) is 0 Å².